The first-order valence-electron chi connectivity index (χ1n) is 9.68. The Morgan fingerprint density at radius 3 is 2.58 bits per heavy atom. The van der Waals surface area contributed by atoms with Gasteiger partial charge in [-0.15, -0.1) is 0 Å². The van der Waals surface area contributed by atoms with E-state index < -0.39 is 0 Å². The highest BCUT2D eigenvalue weighted by molar-refractivity contribution is 6.30. The Balaban J connectivity index is 1.83. The van der Waals surface area contributed by atoms with Gasteiger partial charge in [0.2, 0.25) is 0 Å². The molecule has 0 bridgehead atoms. The molecule has 4 rings (SSSR count). The molecule has 0 N–H and O–H groups in total. The minimum Gasteiger partial charge on any atom is -0.0952 e. The highest BCUT2D eigenvalue weighted by Gasteiger charge is 2.30. The molecule has 0 fully saturated rings. The predicted molar refractivity (Wildman–Crippen MR) is 114 cm³/mol. The van der Waals surface area contributed by atoms with Crippen LogP contribution in [0.25, 0.3) is 11.6 Å². The van der Waals surface area contributed by atoms with Gasteiger partial charge in [0.1, 0.15) is 0 Å². The van der Waals surface area contributed by atoms with E-state index in [0.29, 0.717) is 5.92 Å². The van der Waals surface area contributed by atoms with Crippen LogP contribution in [0.3, 0.4) is 0 Å². The second kappa shape index (κ2) is 6.43. The highest BCUT2D eigenvalue weighted by Crippen LogP contribution is 2.45. The molecule has 26 heavy (non-hydrogen) atoms. The van der Waals surface area contributed by atoms with Crippen molar-refractivity contribution in [1.29, 1.82) is 0 Å². The fourth-order valence-corrected chi connectivity index (χ4v) is 4.84. The molecule has 1 atom stereocenters. The van der Waals surface area contributed by atoms with E-state index in [-0.39, 0.29) is 5.41 Å². The fourth-order valence-electron chi connectivity index (χ4n) is 4.72. The van der Waals surface area contributed by atoms with E-state index in [2.05, 4.69) is 57.7 Å². The lowest BCUT2D eigenvalue weighted by Gasteiger charge is -2.34. The van der Waals surface area contributed by atoms with E-state index in [4.69, 9.17) is 11.6 Å². The number of benzene rings is 2. The van der Waals surface area contributed by atoms with Crippen molar-refractivity contribution in [3.8, 4) is 0 Å². The molecule has 134 valence electrons. The number of allylic oxidation sites excluding steroid dienone is 2. The first kappa shape index (κ1) is 17.6. The molecule has 0 heterocycles. The van der Waals surface area contributed by atoms with Gasteiger partial charge >= 0.3 is 0 Å². The average molecular weight is 363 g/mol. The third-order valence-corrected chi connectivity index (χ3v) is 6.26. The molecule has 0 aliphatic heterocycles. The van der Waals surface area contributed by atoms with E-state index in [1.54, 1.807) is 0 Å². The molecular formula is C25H27Cl. The molecule has 2 aromatic carbocycles. The molecule has 0 saturated heterocycles. The van der Waals surface area contributed by atoms with Crippen LogP contribution in [0.1, 0.15) is 66.5 Å². The van der Waals surface area contributed by atoms with Crippen LogP contribution in [0, 0.1) is 5.41 Å². The van der Waals surface area contributed by atoms with E-state index in [1.165, 1.54) is 39.0 Å². The molecule has 0 spiro atoms. The Labute approximate surface area is 162 Å². The lowest BCUT2D eigenvalue weighted by Crippen LogP contribution is -2.21. The number of rotatable bonds is 2. The van der Waals surface area contributed by atoms with Crippen LogP contribution >= 0.6 is 11.6 Å². The number of hydrogen-bond acceptors (Lipinski definition) is 0. The van der Waals surface area contributed by atoms with Gasteiger partial charge < -0.3 is 0 Å². The Morgan fingerprint density at radius 2 is 1.88 bits per heavy atom. The summed E-state index contributed by atoms with van der Waals surface area (Å²) in [4.78, 5) is 0. The standard InChI is InChI=1S/C25H27Cl/c1-5-17-13-20-15-25(3,4)11-10-22(20)23-14-19(12-16(2)24(17)23)18-6-8-21(26)9-7-18/h6-11,13,19H,2,5,12,14-15H2,1,3-4H3. The second-order valence-electron chi connectivity index (χ2n) is 8.57. The van der Waals surface area contributed by atoms with Gasteiger partial charge in [-0.05, 0) is 88.1 Å². The summed E-state index contributed by atoms with van der Waals surface area (Å²) in [6.07, 6.45) is 9.08. The Bertz CT molecular complexity index is 897. The van der Waals surface area contributed by atoms with Gasteiger partial charge in [0.05, 0.1) is 0 Å². The first-order valence-corrected chi connectivity index (χ1v) is 10.1. The number of hydrogen-bond donors (Lipinski definition) is 0. The maximum absolute atomic E-state index is 6.09. The van der Waals surface area contributed by atoms with Crippen LogP contribution < -0.4 is 0 Å². The van der Waals surface area contributed by atoms with Crippen molar-refractivity contribution in [3.63, 3.8) is 0 Å². The van der Waals surface area contributed by atoms with Crippen molar-refractivity contribution in [3.05, 3.63) is 81.4 Å². The molecule has 1 unspecified atom stereocenters. The van der Waals surface area contributed by atoms with Gasteiger partial charge in [0.25, 0.3) is 0 Å². The quantitative estimate of drug-likeness (QED) is 0.528. The van der Waals surface area contributed by atoms with Crippen molar-refractivity contribution >= 4 is 23.3 Å². The Morgan fingerprint density at radius 1 is 1.15 bits per heavy atom. The second-order valence-corrected chi connectivity index (χ2v) is 9.01. The van der Waals surface area contributed by atoms with Gasteiger partial charge in [0, 0.05) is 5.02 Å². The molecule has 0 nitrogen and oxygen atoms in total. The van der Waals surface area contributed by atoms with Crippen LogP contribution in [0.5, 0.6) is 0 Å². The van der Waals surface area contributed by atoms with Crippen LogP contribution in [0.4, 0.5) is 0 Å². The maximum atomic E-state index is 6.09. The van der Waals surface area contributed by atoms with Gasteiger partial charge in [-0.3, -0.25) is 0 Å². The molecular weight excluding hydrogens is 336 g/mol. The average Bonchev–Trinajstić information content (AvgIpc) is 2.60. The van der Waals surface area contributed by atoms with Crippen LogP contribution in [0.2, 0.25) is 5.02 Å². The SMILES string of the molecule is C=C1CC(c2ccc(Cl)cc2)Cc2c3c(cc(CC)c21)CC(C)(C)C=C3. The third-order valence-electron chi connectivity index (χ3n) is 6.01. The molecule has 2 aromatic rings. The molecule has 0 saturated carbocycles. The van der Waals surface area contributed by atoms with E-state index >= 15 is 0 Å². The van der Waals surface area contributed by atoms with Crippen molar-refractivity contribution in [2.24, 2.45) is 5.41 Å². The zero-order chi connectivity index (χ0) is 18.5. The fraction of sp³-hybridized carbons (Fsp3) is 0.360. The van der Waals surface area contributed by atoms with Crippen molar-refractivity contribution < 1.29 is 0 Å². The van der Waals surface area contributed by atoms with Crippen LogP contribution in [-0.2, 0) is 19.3 Å². The largest absolute Gasteiger partial charge is 0.0952 e. The highest BCUT2D eigenvalue weighted by atomic mass is 35.5. The summed E-state index contributed by atoms with van der Waals surface area (Å²) in [6, 6.07) is 10.8. The van der Waals surface area contributed by atoms with E-state index in [0.717, 1.165) is 30.7 Å². The van der Waals surface area contributed by atoms with Crippen molar-refractivity contribution in [2.75, 3.05) is 0 Å². The molecule has 2 aliphatic rings. The maximum Gasteiger partial charge on any atom is 0.0406 e. The van der Waals surface area contributed by atoms with Gasteiger partial charge in [-0.25, -0.2) is 0 Å². The number of halogens is 1. The summed E-state index contributed by atoms with van der Waals surface area (Å²) < 4.78 is 0. The zero-order valence-electron chi connectivity index (χ0n) is 16.0. The summed E-state index contributed by atoms with van der Waals surface area (Å²) in [5.74, 6) is 0.492. The molecule has 2 aliphatic carbocycles. The topological polar surface area (TPSA) is 0 Å². The van der Waals surface area contributed by atoms with Crippen LogP contribution in [0.15, 0.2) is 43.0 Å². The number of aryl methyl sites for hydroxylation is 1. The summed E-state index contributed by atoms with van der Waals surface area (Å²) in [6.45, 7) is 11.4. The normalized spacial score (nSPS) is 20.6. The van der Waals surface area contributed by atoms with Crippen molar-refractivity contribution in [2.45, 2.75) is 52.4 Å². The zero-order valence-corrected chi connectivity index (χ0v) is 16.8. The lowest BCUT2D eigenvalue weighted by molar-refractivity contribution is 0.473. The third kappa shape index (κ3) is 3.05. The van der Waals surface area contributed by atoms with E-state index in [1.807, 2.05) is 12.1 Å². The molecule has 1 heteroatoms. The molecule has 0 radical (unpaired) electrons. The summed E-state index contributed by atoms with van der Waals surface area (Å²) in [5, 5.41) is 0.805. The minimum atomic E-state index is 0.244. The lowest BCUT2D eigenvalue weighted by atomic mass is 9.70. The molecule has 0 aromatic heterocycles. The van der Waals surface area contributed by atoms with E-state index in [9.17, 15) is 0 Å². The smallest absolute Gasteiger partial charge is 0.0406 e. The summed E-state index contributed by atoms with van der Waals surface area (Å²) in [5.41, 5.74) is 10.3. The number of fused-ring (bicyclic) bond motifs is 3. The van der Waals surface area contributed by atoms with Crippen molar-refractivity contribution in [1.82, 2.24) is 0 Å². The molecule has 0 amide bonds. The van der Waals surface area contributed by atoms with Gasteiger partial charge in [0.15, 0.2) is 0 Å². The summed E-state index contributed by atoms with van der Waals surface area (Å²) in [7, 11) is 0. The van der Waals surface area contributed by atoms with Gasteiger partial charge in [-0.2, -0.15) is 0 Å². The van der Waals surface area contributed by atoms with Gasteiger partial charge in [-0.1, -0.05) is 69.3 Å². The first-order chi connectivity index (χ1) is 12.4. The minimum absolute atomic E-state index is 0.244. The Hall–Kier alpha value is -1.79. The monoisotopic (exact) mass is 362 g/mol. The van der Waals surface area contributed by atoms with Crippen LogP contribution in [-0.4, -0.2) is 0 Å². The Kier molecular flexibility index (Phi) is 4.35. The summed E-state index contributed by atoms with van der Waals surface area (Å²) >= 11 is 6.09. The predicted octanol–water partition coefficient (Wildman–Crippen LogP) is 7.24.